The smallest absolute Gasteiger partial charge is 0.233 e. The number of furan rings is 1. The van der Waals surface area contributed by atoms with Gasteiger partial charge in [0.1, 0.15) is 5.58 Å². The third kappa shape index (κ3) is 4.67. The van der Waals surface area contributed by atoms with E-state index in [0.29, 0.717) is 11.5 Å². The predicted molar refractivity (Wildman–Crippen MR) is 259 cm³/mol. The third-order valence-electron chi connectivity index (χ3n) is 12.7. The van der Waals surface area contributed by atoms with Crippen molar-refractivity contribution in [3.8, 4) is 34.0 Å². The number of fused-ring (bicyclic) bond motifs is 16. The first-order valence-electron chi connectivity index (χ1n) is 20.9. The lowest BCUT2D eigenvalue weighted by atomic mass is 10.00. The average Bonchev–Trinajstić information content (AvgIpc) is 4.09. The highest BCUT2D eigenvalue weighted by Gasteiger charge is 2.26. The molecule has 0 spiro atoms. The van der Waals surface area contributed by atoms with E-state index in [4.69, 9.17) is 14.4 Å². The van der Waals surface area contributed by atoms with E-state index in [1.54, 1.807) is 0 Å². The molecule has 5 nitrogen and oxygen atoms in total. The van der Waals surface area contributed by atoms with Gasteiger partial charge in [-0.15, -0.1) is 11.3 Å². The summed E-state index contributed by atoms with van der Waals surface area (Å²) in [4.78, 5) is 11.0. The highest BCUT2D eigenvalue weighted by atomic mass is 32.1. The van der Waals surface area contributed by atoms with Gasteiger partial charge in [-0.05, 0) is 59.0 Å². The molecule has 0 unspecified atom stereocenters. The topological polar surface area (TPSA) is 48.8 Å². The third-order valence-corrected chi connectivity index (χ3v) is 13.9. The number of hydrogen-bond donors (Lipinski definition) is 0. The van der Waals surface area contributed by atoms with Gasteiger partial charge in [0.15, 0.2) is 11.6 Å². The highest BCUT2D eigenvalue weighted by molar-refractivity contribution is 7.27. The van der Waals surface area contributed by atoms with Crippen molar-refractivity contribution in [2.75, 3.05) is 0 Å². The maximum Gasteiger partial charge on any atom is 0.233 e. The molecule has 0 radical (unpaired) electrons. The zero-order valence-corrected chi connectivity index (χ0v) is 33.9. The highest BCUT2D eigenvalue weighted by Crippen LogP contribution is 2.49. The van der Waals surface area contributed by atoms with Gasteiger partial charge in [-0.1, -0.05) is 152 Å². The molecular formula is C56H32N4OS. The lowest BCUT2D eigenvalue weighted by Gasteiger charge is -2.13. The van der Waals surface area contributed by atoms with Crippen LogP contribution >= 0.6 is 11.3 Å². The molecule has 0 fully saturated rings. The SMILES string of the molecule is c1ccc(-c2cccc(-n3c4ccccc4c4ccc(-c5nc(-n6c7ccccc7c7c8ccccc8c8sc9ccccc9c8c76)c6c(n5)oc5ccccc56)cc43)c2)cc1. The fourth-order valence-electron chi connectivity index (χ4n) is 10.1. The molecule has 6 heteroatoms. The van der Waals surface area contributed by atoms with Crippen LogP contribution in [0.2, 0.25) is 0 Å². The Bertz CT molecular complexity index is 4170. The van der Waals surface area contributed by atoms with Crippen LogP contribution in [0, 0.1) is 0 Å². The molecule has 9 aromatic carbocycles. The molecule has 5 aromatic heterocycles. The van der Waals surface area contributed by atoms with Crippen LogP contribution in [0.15, 0.2) is 199 Å². The number of benzene rings is 9. The van der Waals surface area contributed by atoms with E-state index in [0.717, 1.165) is 55.5 Å². The Balaban J connectivity index is 1.10. The monoisotopic (exact) mass is 808 g/mol. The van der Waals surface area contributed by atoms with Gasteiger partial charge in [0.25, 0.3) is 0 Å². The summed E-state index contributed by atoms with van der Waals surface area (Å²) in [5.74, 6) is 1.39. The van der Waals surface area contributed by atoms with Gasteiger partial charge >= 0.3 is 0 Å². The van der Waals surface area contributed by atoms with Crippen molar-refractivity contribution >= 4 is 108 Å². The number of hydrogen-bond acceptors (Lipinski definition) is 4. The molecule has 0 N–H and O–H groups in total. The molecule has 5 heterocycles. The summed E-state index contributed by atoms with van der Waals surface area (Å²) in [6.45, 7) is 0. The van der Waals surface area contributed by atoms with Gasteiger partial charge < -0.3 is 8.98 Å². The second kappa shape index (κ2) is 12.7. The van der Waals surface area contributed by atoms with Crippen LogP contribution in [-0.2, 0) is 0 Å². The molecule has 14 aromatic rings. The Morgan fingerprint density at radius 3 is 1.92 bits per heavy atom. The van der Waals surface area contributed by atoms with E-state index >= 15 is 0 Å². The number of nitrogens with zero attached hydrogens (tertiary/aromatic N) is 4. The van der Waals surface area contributed by atoms with Crippen molar-refractivity contribution < 1.29 is 4.42 Å². The minimum atomic E-state index is 0.556. The summed E-state index contributed by atoms with van der Waals surface area (Å²) < 4.78 is 14.0. The van der Waals surface area contributed by atoms with E-state index in [2.05, 4.69) is 191 Å². The van der Waals surface area contributed by atoms with Crippen LogP contribution in [0.3, 0.4) is 0 Å². The van der Waals surface area contributed by atoms with Crippen molar-refractivity contribution in [3.05, 3.63) is 194 Å². The van der Waals surface area contributed by atoms with Gasteiger partial charge in [-0.2, -0.15) is 4.98 Å². The van der Waals surface area contributed by atoms with Crippen LogP contribution in [0.4, 0.5) is 0 Å². The number of aromatic nitrogens is 4. The van der Waals surface area contributed by atoms with E-state index in [1.807, 2.05) is 23.5 Å². The maximum atomic E-state index is 6.71. The van der Waals surface area contributed by atoms with E-state index in [1.165, 1.54) is 63.6 Å². The number of para-hydroxylation sites is 3. The Hall–Kier alpha value is -8.06. The molecule has 0 aliphatic rings. The summed E-state index contributed by atoms with van der Waals surface area (Å²) in [7, 11) is 0. The lowest BCUT2D eigenvalue weighted by Crippen LogP contribution is -2.02. The number of thiophene rings is 1. The molecule has 0 saturated carbocycles. The first-order valence-corrected chi connectivity index (χ1v) is 21.7. The van der Waals surface area contributed by atoms with Crippen LogP contribution in [-0.4, -0.2) is 19.1 Å². The van der Waals surface area contributed by atoms with Gasteiger partial charge in [-0.25, -0.2) is 4.98 Å². The molecule has 0 saturated heterocycles. The van der Waals surface area contributed by atoms with Gasteiger partial charge in [-0.3, -0.25) is 4.57 Å². The Morgan fingerprint density at radius 1 is 0.403 bits per heavy atom. The molecule has 14 rings (SSSR count). The molecule has 288 valence electrons. The summed E-state index contributed by atoms with van der Waals surface area (Å²) >= 11 is 1.86. The molecule has 0 atom stereocenters. The zero-order valence-electron chi connectivity index (χ0n) is 33.1. The Kier molecular flexibility index (Phi) is 6.92. The van der Waals surface area contributed by atoms with Crippen LogP contribution < -0.4 is 0 Å². The first kappa shape index (κ1) is 33.7. The van der Waals surface area contributed by atoms with Crippen LogP contribution in [0.5, 0.6) is 0 Å². The van der Waals surface area contributed by atoms with Crippen molar-refractivity contribution in [1.29, 1.82) is 0 Å². The Morgan fingerprint density at radius 2 is 1.06 bits per heavy atom. The molecule has 0 aliphatic carbocycles. The second-order valence-corrected chi connectivity index (χ2v) is 17.1. The van der Waals surface area contributed by atoms with Gasteiger partial charge in [0.2, 0.25) is 5.71 Å². The molecule has 62 heavy (non-hydrogen) atoms. The maximum absolute atomic E-state index is 6.71. The molecule has 0 bridgehead atoms. The van der Waals surface area contributed by atoms with Crippen molar-refractivity contribution in [1.82, 2.24) is 19.1 Å². The fraction of sp³-hybridized carbons (Fsp3) is 0. The standard InChI is InChI=1S/C56H32N4OS/c1-2-15-33(16-3-1)34-17-14-18-36(31-34)59-44-25-10-6-19-37(44)38-30-29-35(32-46(38)59)54-57-55(51-42-23-8-12-27-47(42)61-56(51)58-54)60-45-26-11-7-22-41(45)49-39-20-4-5-21-40(39)53-50(52(49)60)43-24-9-13-28-48(43)62-53/h1-32H. The quantitative estimate of drug-likeness (QED) is 0.178. The van der Waals surface area contributed by atoms with E-state index in [-0.39, 0.29) is 0 Å². The molecule has 0 amide bonds. The largest absolute Gasteiger partial charge is 0.437 e. The van der Waals surface area contributed by atoms with E-state index in [9.17, 15) is 0 Å². The fourth-order valence-corrected chi connectivity index (χ4v) is 11.3. The minimum Gasteiger partial charge on any atom is -0.437 e. The Labute approximate surface area is 358 Å². The first-order chi connectivity index (χ1) is 30.8. The van der Waals surface area contributed by atoms with Crippen molar-refractivity contribution in [2.45, 2.75) is 0 Å². The minimum absolute atomic E-state index is 0.556. The zero-order chi connectivity index (χ0) is 40.5. The van der Waals surface area contributed by atoms with Crippen LogP contribution in [0.1, 0.15) is 0 Å². The summed E-state index contributed by atoms with van der Waals surface area (Å²) in [6.07, 6.45) is 0. The molecule has 0 aliphatic heterocycles. The summed E-state index contributed by atoms with van der Waals surface area (Å²) in [6, 6.07) is 69.4. The lowest BCUT2D eigenvalue weighted by molar-refractivity contribution is 0.653. The van der Waals surface area contributed by atoms with Gasteiger partial charge in [0, 0.05) is 63.7 Å². The van der Waals surface area contributed by atoms with Crippen molar-refractivity contribution in [2.24, 2.45) is 0 Å². The average molecular weight is 809 g/mol. The summed E-state index contributed by atoms with van der Waals surface area (Å²) in [5.41, 5.74) is 10.1. The second-order valence-electron chi connectivity index (χ2n) is 16.1. The normalized spacial score (nSPS) is 12.2. The molecular weight excluding hydrogens is 777 g/mol. The predicted octanol–water partition coefficient (Wildman–Crippen LogP) is 15.4. The van der Waals surface area contributed by atoms with Crippen LogP contribution in [0.25, 0.3) is 131 Å². The van der Waals surface area contributed by atoms with E-state index < -0.39 is 0 Å². The van der Waals surface area contributed by atoms with Gasteiger partial charge in [0.05, 0.1) is 27.5 Å². The number of rotatable bonds is 4. The summed E-state index contributed by atoms with van der Waals surface area (Å²) in [5, 5.41) is 11.6. The van der Waals surface area contributed by atoms with Crippen molar-refractivity contribution in [3.63, 3.8) is 0 Å².